The van der Waals surface area contributed by atoms with Gasteiger partial charge in [0.25, 0.3) is 0 Å². The minimum absolute atomic E-state index is 0.00848. The molecule has 0 radical (unpaired) electrons. The van der Waals surface area contributed by atoms with E-state index in [1.165, 1.54) is 50.2 Å². The summed E-state index contributed by atoms with van der Waals surface area (Å²) in [5, 5.41) is 11.7. The van der Waals surface area contributed by atoms with Gasteiger partial charge < -0.3 is 34.1 Å². The number of carbonyl (C=O) groups is 2. The van der Waals surface area contributed by atoms with E-state index >= 15 is 4.39 Å². The molecular weight excluding hydrogens is 630 g/mol. The van der Waals surface area contributed by atoms with Crippen LogP contribution in [0.2, 0.25) is 0 Å². The van der Waals surface area contributed by atoms with Gasteiger partial charge in [-0.25, -0.2) is 9.37 Å². The average molecular weight is 670 g/mol. The molecular formula is C31H39F4N5O5S. The van der Waals surface area contributed by atoms with Crippen molar-refractivity contribution in [2.45, 2.75) is 59.3 Å². The molecule has 0 aliphatic rings. The van der Waals surface area contributed by atoms with Crippen molar-refractivity contribution < 1.29 is 41.4 Å². The number of aldehydes is 1. The van der Waals surface area contributed by atoms with Crippen LogP contribution < -0.4 is 19.9 Å². The Morgan fingerprint density at radius 2 is 1.72 bits per heavy atom. The summed E-state index contributed by atoms with van der Waals surface area (Å²) in [7, 11) is 1.25. The topological polar surface area (TPSA) is 117 Å². The van der Waals surface area contributed by atoms with E-state index in [2.05, 4.69) is 10.3 Å². The Morgan fingerprint density at radius 3 is 2.26 bits per heavy atom. The van der Waals surface area contributed by atoms with Gasteiger partial charge in [-0.05, 0) is 56.6 Å². The van der Waals surface area contributed by atoms with Crippen LogP contribution in [0.15, 0.2) is 30.5 Å². The minimum Gasteiger partial charge on any atom is -0.475 e. The first kappa shape index (κ1) is 38.3. The van der Waals surface area contributed by atoms with Gasteiger partial charge in [0.1, 0.15) is 25.1 Å². The van der Waals surface area contributed by atoms with Gasteiger partial charge >= 0.3 is 6.18 Å². The first-order valence-electron chi connectivity index (χ1n) is 14.2. The van der Waals surface area contributed by atoms with Gasteiger partial charge in [0.15, 0.2) is 10.9 Å². The van der Waals surface area contributed by atoms with Crippen molar-refractivity contribution in [3.8, 4) is 11.9 Å². The van der Waals surface area contributed by atoms with E-state index in [0.717, 1.165) is 17.0 Å². The van der Waals surface area contributed by atoms with Crippen LogP contribution in [0.5, 0.6) is 5.88 Å². The van der Waals surface area contributed by atoms with Gasteiger partial charge in [0.2, 0.25) is 11.8 Å². The Hall–Kier alpha value is -3.87. The maximum Gasteiger partial charge on any atom is 0.420 e. The van der Waals surface area contributed by atoms with Gasteiger partial charge in [-0.1, -0.05) is 20.8 Å². The van der Waals surface area contributed by atoms with Gasteiger partial charge in [0.05, 0.1) is 54.6 Å². The minimum atomic E-state index is -5.13. The summed E-state index contributed by atoms with van der Waals surface area (Å²) in [6, 6.07) is 6.24. The number of ether oxygens (including phenoxy) is 3. The maximum atomic E-state index is 15.1. The molecule has 1 aromatic heterocycles. The molecule has 0 saturated heterocycles. The highest BCUT2D eigenvalue weighted by molar-refractivity contribution is 7.80. The normalized spacial score (nSPS) is 12.6. The highest BCUT2D eigenvalue weighted by atomic mass is 32.1. The van der Waals surface area contributed by atoms with Crippen molar-refractivity contribution in [1.29, 1.82) is 5.26 Å². The Bertz CT molecular complexity index is 1410. The van der Waals surface area contributed by atoms with Crippen molar-refractivity contribution >= 4 is 40.9 Å². The molecule has 1 unspecified atom stereocenters. The third-order valence-corrected chi connectivity index (χ3v) is 7.42. The number of halogens is 4. The van der Waals surface area contributed by atoms with E-state index in [4.69, 9.17) is 31.7 Å². The molecule has 1 N–H and O–H groups in total. The van der Waals surface area contributed by atoms with Crippen LogP contribution in [0.1, 0.15) is 52.7 Å². The van der Waals surface area contributed by atoms with E-state index in [1.54, 1.807) is 0 Å². The fraction of sp³-hybridized carbons (Fsp3) is 0.516. The van der Waals surface area contributed by atoms with Crippen LogP contribution in [0, 0.1) is 22.6 Å². The number of nitriles is 1. The van der Waals surface area contributed by atoms with Crippen molar-refractivity contribution in [3.05, 3.63) is 47.4 Å². The molecule has 15 heteroatoms. The Labute approximate surface area is 271 Å². The zero-order chi connectivity index (χ0) is 34.9. The summed E-state index contributed by atoms with van der Waals surface area (Å²) < 4.78 is 72.2. The highest BCUT2D eigenvalue weighted by Gasteiger charge is 2.40. The summed E-state index contributed by atoms with van der Waals surface area (Å²) in [6.45, 7) is 11.8. The second kappa shape index (κ2) is 16.1. The number of aromatic nitrogens is 1. The van der Waals surface area contributed by atoms with E-state index < -0.39 is 34.3 Å². The predicted molar refractivity (Wildman–Crippen MR) is 168 cm³/mol. The van der Waals surface area contributed by atoms with Crippen molar-refractivity contribution in [1.82, 2.24) is 10.3 Å². The molecule has 2 aromatic rings. The number of pyridine rings is 1. The second-order valence-electron chi connectivity index (χ2n) is 11.9. The first-order valence-corrected chi connectivity index (χ1v) is 14.6. The van der Waals surface area contributed by atoms with Crippen LogP contribution >= 0.6 is 12.2 Å². The van der Waals surface area contributed by atoms with Crippen molar-refractivity contribution in [2.75, 3.05) is 49.9 Å². The molecule has 1 amide bonds. The Balaban J connectivity index is 2.00. The quantitative estimate of drug-likeness (QED) is 0.123. The smallest absolute Gasteiger partial charge is 0.420 e. The van der Waals surface area contributed by atoms with Crippen molar-refractivity contribution in [3.63, 3.8) is 0 Å². The fourth-order valence-corrected chi connectivity index (χ4v) is 4.31. The largest absolute Gasteiger partial charge is 0.475 e. The molecule has 2 rings (SSSR count). The molecule has 0 fully saturated rings. The third-order valence-electron chi connectivity index (χ3n) is 6.97. The molecule has 0 bridgehead atoms. The standard InChI is InChI=1S/C31H39F4N5O5S/c1-20(29(2,3)4)38-24(42)18-44-13-12-43-14-15-45-25-11-9-22(17-37-25)40(30(5,6)19-41)28(46)39(7)23-10-8-21(16-36)26(27(23)32)31(33,34)35/h8-11,17,19-20H,12-15,18H2,1-7H3,(H,38,42). The fourth-order valence-electron chi connectivity index (χ4n) is 3.87. The summed E-state index contributed by atoms with van der Waals surface area (Å²) in [5.74, 6) is -1.67. The Kier molecular flexibility index (Phi) is 13.4. The number of alkyl halides is 3. The molecule has 0 aliphatic carbocycles. The van der Waals surface area contributed by atoms with E-state index in [9.17, 15) is 22.8 Å². The first-order chi connectivity index (χ1) is 21.3. The van der Waals surface area contributed by atoms with Gasteiger partial charge in [-0.3, -0.25) is 4.79 Å². The molecule has 1 aromatic carbocycles. The highest BCUT2D eigenvalue weighted by Crippen LogP contribution is 2.38. The number of nitrogens with one attached hydrogen (secondary N) is 1. The molecule has 10 nitrogen and oxygen atoms in total. The van der Waals surface area contributed by atoms with Crippen LogP contribution in [0.3, 0.4) is 0 Å². The zero-order valence-electron chi connectivity index (χ0n) is 26.8. The number of hydrogen-bond donors (Lipinski definition) is 1. The lowest BCUT2D eigenvalue weighted by molar-refractivity contribution is -0.140. The number of rotatable bonds is 14. The van der Waals surface area contributed by atoms with Crippen molar-refractivity contribution in [2.24, 2.45) is 5.41 Å². The molecule has 1 atom stereocenters. The van der Waals surface area contributed by atoms with E-state index in [0.29, 0.717) is 6.29 Å². The van der Waals surface area contributed by atoms with Crippen LogP contribution in [-0.2, 0) is 25.2 Å². The van der Waals surface area contributed by atoms with E-state index in [1.807, 2.05) is 27.7 Å². The van der Waals surface area contributed by atoms with Crippen LogP contribution in [0.4, 0.5) is 28.9 Å². The molecule has 1 heterocycles. The maximum absolute atomic E-state index is 15.1. The number of carbonyl (C=O) groups excluding carboxylic acids is 2. The third kappa shape index (κ3) is 10.3. The lowest BCUT2D eigenvalue weighted by Crippen LogP contribution is -2.54. The van der Waals surface area contributed by atoms with Gasteiger partial charge in [-0.15, -0.1) is 0 Å². The number of amides is 1. The summed E-state index contributed by atoms with van der Waals surface area (Å²) >= 11 is 5.52. The van der Waals surface area contributed by atoms with Crippen LogP contribution in [-0.4, -0.2) is 74.0 Å². The second-order valence-corrected chi connectivity index (χ2v) is 12.3. The lowest BCUT2D eigenvalue weighted by Gasteiger charge is -2.39. The molecule has 0 aliphatic heterocycles. The molecule has 0 spiro atoms. The molecule has 252 valence electrons. The van der Waals surface area contributed by atoms with Crippen LogP contribution in [0.25, 0.3) is 0 Å². The monoisotopic (exact) mass is 669 g/mol. The lowest BCUT2D eigenvalue weighted by atomic mass is 9.88. The zero-order valence-corrected chi connectivity index (χ0v) is 27.6. The van der Waals surface area contributed by atoms with Gasteiger partial charge in [-0.2, -0.15) is 18.4 Å². The number of anilines is 2. The summed E-state index contributed by atoms with van der Waals surface area (Å²) in [6.07, 6.45) is -3.21. The number of hydrogen-bond acceptors (Lipinski definition) is 8. The average Bonchev–Trinajstić information content (AvgIpc) is 2.97. The molecule has 46 heavy (non-hydrogen) atoms. The summed E-state index contributed by atoms with van der Waals surface area (Å²) in [4.78, 5) is 30.5. The van der Waals surface area contributed by atoms with Gasteiger partial charge in [0, 0.05) is 19.2 Å². The summed E-state index contributed by atoms with van der Waals surface area (Å²) in [5.41, 5.74) is -4.24. The number of nitrogens with zero attached hydrogens (tertiary/aromatic N) is 4. The van der Waals surface area contributed by atoms with E-state index in [-0.39, 0.29) is 67.1 Å². The SMILES string of the molecule is CC(NC(=O)COCCOCCOc1ccc(N(C(=S)N(C)c2ccc(C#N)c(C(F)(F)F)c2F)C(C)(C)C=O)cn1)C(C)(C)C. The molecule has 0 saturated carbocycles. The number of benzene rings is 1. The number of thiocarbonyl (C=S) groups is 1. The predicted octanol–water partition coefficient (Wildman–Crippen LogP) is 5.28. The Morgan fingerprint density at radius 1 is 1.09 bits per heavy atom.